The van der Waals surface area contributed by atoms with Gasteiger partial charge in [0, 0.05) is 23.0 Å². The second-order valence-corrected chi connectivity index (χ2v) is 9.51. The summed E-state index contributed by atoms with van der Waals surface area (Å²) in [6, 6.07) is 0. The Bertz CT molecular complexity index is 154. The molecule has 1 aliphatic heterocycles. The van der Waals surface area contributed by atoms with Gasteiger partial charge in [0.15, 0.2) is 0 Å². The molecular formula is C12H24S4. The van der Waals surface area contributed by atoms with E-state index in [0.29, 0.717) is 5.41 Å². The van der Waals surface area contributed by atoms with Gasteiger partial charge >= 0.3 is 0 Å². The highest BCUT2D eigenvalue weighted by Crippen LogP contribution is 2.27. The highest BCUT2D eigenvalue weighted by atomic mass is 32.2. The van der Waals surface area contributed by atoms with Crippen LogP contribution in [0.3, 0.4) is 0 Å². The Kier molecular flexibility index (Phi) is 9.03. The Morgan fingerprint density at radius 1 is 0.625 bits per heavy atom. The lowest BCUT2D eigenvalue weighted by atomic mass is 10.0. The van der Waals surface area contributed by atoms with E-state index in [1.807, 2.05) is 0 Å². The van der Waals surface area contributed by atoms with Crippen LogP contribution in [0.5, 0.6) is 0 Å². The average molecular weight is 297 g/mol. The molecule has 0 aromatic rings. The third-order valence-corrected chi connectivity index (χ3v) is 7.92. The summed E-state index contributed by atoms with van der Waals surface area (Å²) in [5.74, 6) is 10.8. The van der Waals surface area contributed by atoms with Crippen LogP contribution in [-0.2, 0) is 0 Å². The highest BCUT2D eigenvalue weighted by molar-refractivity contribution is 8.03. The predicted octanol–water partition coefficient (Wildman–Crippen LogP) is 4.35. The van der Waals surface area contributed by atoms with Crippen LogP contribution in [0.15, 0.2) is 0 Å². The van der Waals surface area contributed by atoms with Crippen molar-refractivity contribution >= 4 is 47.0 Å². The van der Waals surface area contributed by atoms with Crippen LogP contribution in [-0.4, -0.2) is 46.0 Å². The maximum atomic E-state index is 2.42. The molecular weight excluding hydrogens is 272 g/mol. The van der Waals surface area contributed by atoms with Crippen molar-refractivity contribution in [3.63, 3.8) is 0 Å². The van der Waals surface area contributed by atoms with E-state index >= 15 is 0 Å². The predicted molar refractivity (Wildman–Crippen MR) is 87.7 cm³/mol. The van der Waals surface area contributed by atoms with Crippen LogP contribution >= 0.6 is 47.0 Å². The molecule has 0 aromatic heterocycles. The molecule has 1 saturated heterocycles. The van der Waals surface area contributed by atoms with Gasteiger partial charge in [0.25, 0.3) is 0 Å². The molecule has 1 aliphatic rings. The number of hydrogen-bond acceptors (Lipinski definition) is 4. The second kappa shape index (κ2) is 9.35. The summed E-state index contributed by atoms with van der Waals surface area (Å²) in [6.07, 6.45) is 1.40. The fourth-order valence-corrected chi connectivity index (χ4v) is 6.34. The Morgan fingerprint density at radius 3 is 1.56 bits per heavy atom. The van der Waals surface area contributed by atoms with E-state index in [9.17, 15) is 0 Å². The Morgan fingerprint density at radius 2 is 1.06 bits per heavy atom. The Labute approximate surface area is 118 Å². The van der Waals surface area contributed by atoms with Crippen molar-refractivity contribution in [1.29, 1.82) is 0 Å². The quantitative estimate of drug-likeness (QED) is 0.651. The molecule has 0 radical (unpaired) electrons. The molecule has 1 heterocycles. The number of hydrogen-bond donors (Lipinski definition) is 0. The number of rotatable bonds is 0. The SMILES string of the molecule is CC1(C)CSCCSCCCSCCSC1. The molecule has 0 nitrogen and oxygen atoms in total. The molecule has 0 aliphatic carbocycles. The van der Waals surface area contributed by atoms with E-state index in [2.05, 4.69) is 60.9 Å². The smallest absolute Gasteiger partial charge is 0.00237 e. The molecule has 0 bridgehead atoms. The van der Waals surface area contributed by atoms with Crippen molar-refractivity contribution in [3.05, 3.63) is 0 Å². The van der Waals surface area contributed by atoms with Crippen LogP contribution in [0.4, 0.5) is 0 Å². The largest absolute Gasteiger partial charge is 0.161 e. The molecule has 0 aromatic carbocycles. The topological polar surface area (TPSA) is 0 Å². The summed E-state index contributed by atoms with van der Waals surface area (Å²) in [5, 5.41) is 0. The minimum absolute atomic E-state index is 0.523. The Balaban J connectivity index is 2.22. The zero-order valence-electron chi connectivity index (χ0n) is 10.5. The fourth-order valence-electron chi connectivity index (χ4n) is 1.44. The maximum Gasteiger partial charge on any atom is 0.00237 e. The molecule has 96 valence electrons. The van der Waals surface area contributed by atoms with Crippen molar-refractivity contribution in [2.45, 2.75) is 20.3 Å². The number of thioether (sulfide) groups is 4. The van der Waals surface area contributed by atoms with Crippen molar-refractivity contribution in [2.24, 2.45) is 5.41 Å². The zero-order chi connectivity index (χ0) is 11.7. The lowest BCUT2D eigenvalue weighted by Gasteiger charge is -2.23. The Hall–Kier alpha value is 1.40. The van der Waals surface area contributed by atoms with Crippen molar-refractivity contribution in [3.8, 4) is 0 Å². The molecule has 1 rings (SSSR count). The lowest BCUT2D eigenvalue weighted by molar-refractivity contribution is 0.492. The molecule has 0 unspecified atom stereocenters. The molecule has 0 N–H and O–H groups in total. The summed E-state index contributed by atoms with van der Waals surface area (Å²) in [6.45, 7) is 4.83. The molecule has 0 spiro atoms. The van der Waals surface area contributed by atoms with Crippen LogP contribution in [0, 0.1) is 5.41 Å². The van der Waals surface area contributed by atoms with Gasteiger partial charge in [-0.05, 0) is 34.8 Å². The van der Waals surface area contributed by atoms with Crippen molar-refractivity contribution < 1.29 is 0 Å². The van der Waals surface area contributed by atoms with Gasteiger partial charge in [-0.25, -0.2) is 0 Å². The molecule has 0 atom stereocenters. The van der Waals surface area contributed by atoms with Crippen LogP contribution in [0.1, 0.15) is 20.3 Å². The van der Waals surface area contributed by atoms with E-state index in [1.54, 1.807) is 0 Å². The van der Waals surface area contributed by atoms with Gasteiger partial charge in [-0.15, -0.1) is 0 Å². The van der Waals surface area contributed by atoms with E-state index in [-0.39, 0.29) is 0 Å². The van der Waals surface area contributed by atoms with Gasteiger partial charge in [-0.3, -0.25) is 0 Å². The van der Waals surface area contributed by atoms with E-state index in [1.165, 1.54) is 52.4 Å². The first-order valence-electron chi connectivity index (χ1n) is 6.02. The fraction of sp³-hybridized carbons (Fsp3) is 1.00. The standard InChI is InChI=1S/C12H24S4/c1-12(2)10-15-8-6-13-4-3-5-14-7-9-16-11-12/h3-11H2,1-2H3. The highest BCUT2D eigenvalue weighted by Gasteiger charge is 2.17. The second-order valence-electron chi connectivity index (χ2n) is 4.85. The first-order chi connectivity index (χ1) is 7.71. The average Bonchev–Trinajstić information content (AvgIpc) is 2.24. The first kappa shape index (κ1) is 15.5. The summed E-state index contributed by atoms with van der Waals surface area (Å²) in [5.41, 5.74) is 0.523. The minimum Gasteiger partial charge on any atom is -0.161 e. The minimum atomic E-state index is 0.523. The van der Waals surface area contributed by atoms with E-state index in [0.717, 1.165) is 0 Å². The third kappa shape index (κ3) is 8.48. The molecule has 1 fully saturated rings. The van der Waals surface area contributed by atoms with Gasteiger partial charge in [-0.2, -0.15) is 47.0 Å². The van der Waals surface area contributed by atoms with Crippen molar-refractivity contribution in [1.82, 2.24) is 0 Å². The zero-order valence-corrected chi connectivity index (χ0v) is 13.8. The summed E-state index contributed by atoms with van der Waals surface area (Å²) >= 11 is 8.58. The molecule has 16 heavy (non-hydrogen) atoms. The first-order valence-corrected chi connectivity index (χ1v) is 10.6. The van der Waals surface area contributed by atoms with Gasteiger partial charge in [-0.1, -0.05) is 13.8 Å². The summed E-state index contributed by atoms with van der Waals surface area (Å²) in [4.78, 5) is 0. The summed E-state index contributed by atoms with van der Waals surface area (Å²) < 4.78 is 0. The summed E-state index contributed by atoms with van der Waals surface area (Å²) in [7, 11) is 0. The maximum absolute atomic E-state index is 2.42. The van der Waals surface area contributed by atoms with Gasteiger partial charge in [0.1, 0.15) is 0 Å². The van der Waals surface area contributed by atoms with Crippen LogP contribution < -0.4 is 0 Å². The lowest BCUT2D eigenvalue weighted by Crippen LogP contribution is -2.19. The molecule has 4 heteroatoms. The van der Waals surface area contributed by atoms with E-state index in [4.69, 9.17) is 0 Å². The van der Waals surface area contributed by atoms with Gasteiger partial charge in [0.2, 0.25) is 0 Å². The third-order valence-electron chi connectivity index (χ3n) is 2.31. The van der Waals surface area contributed by atoms with E-state index < -0.39 is 0 Å². The van der Waals surface area contributed by atoms with Crippen LogP contribution in [0.25, 0.3) is 0 Å². The monoisotopic (exact) mass is 296 g/mol. The van der Waals surface area contributed by atoms with Crippen molar-refractivity contribution in [2.75, 3.05) is 46.0 Å². The molecule has 0 saturated carbocycles. The van der Waals surface area contributed by atoms with Gasteiger partial charge in [0.05, 0.1) is 0 Å². The van der Waals surface area contributed by atoms with Crippen LogP contribution in [0.2, 0.25) is 0 Å². The molecule has 0 amide bonds. The van der Waals surface area contributed by atoms with Gasteiger partial charge < -0.3 is 0 Å². The normalized spacial score (nSPS) is 25.9.